The number of rotatable bonds is 15. The molecule has 0 amide bonds. The number of hydrogen-bond donors (Lipinski definition) is 9. The molecule has 364 valence electrons. The van der Waals surface area contributed by atoms with E-state index < -0.39 is 146 Å². The smallest absolute Gasteiger partial charge is 0.303 e. The Morgan fingerprint density at radius 2 is 1.38 bits per heavy atom. The summed E-state index contributed by atoms with van der Waals surface area (Å²) in [5.41, 5.74) is -0.0124. The van der Waals surface area contributed by atoms with E-state index in [9.17, 15) is 60.3 Å². The van der Waals surface area contributed by atoms with Gasteiger partial charge in [0.05, 0.1) is 32.3 Å². The van der Waals surface area contributed by atoms with E-state index in [2.05, 4.69) is 0 Å². The first kappa shape index (κ1) is 50.5. The average Bonchev–Trinajstić information content (AvgIpc) is 3.27. The fourth-order valence-corrected chi connectivity index (χ4v) is 7.79. The number of phenolic OH excluding ortho intramolecular Hbond substituents is 1. The summed E-state index contributed by atoms with van der Waals surface area (Å²) in [5, 5.41) is 96.3. The van der Waals surface area contributed by atoms with Gasteiger partial charge in [0.15, 0.2) is 12.1 Å². The van der Waals surface area contributed by atoms with Gasteiger partial charge < -0.3 is 93.0 Å². The summed E-state index contributed by atoms with van der Waals surface area (Å²) in [6, 6.07) is 7.23. The summed E-state index contributed by atoms with van der Waals surface area (Å²) in [5.74, 6) is -4.03. The molecule has 0 unspecified atom stereocenters. The summed E-state index contributed by atoms with van der Waals surface area (Å²) in [7, 11) is 1.44. The third kappa shape index (κ3) is 10.8. The van der Waals surface area contributed by atoms with Crippen LogP contribution in [0.4, 0.5) is 0 Å². The van der Waals surface area contributed by atoms with Crippen LogP contribution in [0.3, 0.4) is 0 Å². The number of aliphatic hydroxyl groups is 8. The molecule has 3 aliphatic heterocycles. The molecule has 2 aromatic carbocycles. The summed E-state index contributed by atoms with van der Waals surface area (Å²) >= 11 is 0. The maximum Gasteiger partial charge on any atom is 0.303 e. The highest BCUT2D eigenvalue weighted by Gasteiger charge is 2.50. The molecule has 3 saturated heterocycles. The van der Waals surface area contributed by atoms with E-state index in [1.807, 2.05) is 0 Å². The topological polar surface area (TPSA) is 329 Å². The van der Waals surface area contributed by atoms with Gasteiger partial charge in [0.25, 0.3) is 0 Å². The van der Waals surface area contributed by atoms with Gasteiger partial charge in [-0.2, -0.15) is 0 Å². The van der Waals surface area contributed by atoms with Crippen molar-refractivity contribution in [3.63, 3.8) is 0 Å². The fourth-order valence-electron chi connectivity index (χ4n) is 7.79. The van der Waals surface area contributed by atoms with Crippen molar-refractivity contribution in [1.82, 2.24) is 0 Å². The highest BCUT2D eigenvalue weighted by Crippen LogP contribution is 2.42. The van der Waals surface area contributed by atoms with Crippen LogP contribution in [0.5, 0.6) is 23.0 Å². The van der Waals surface area contributed by atoms with Crippen molar-refractivity contribution < 1.29 is 103 Å². The first-order chi connectivity index (χ1) is 31.2. The van der Waals surface area contributed by atoms with Crippen LogP contribution in [-0.4, -0.2) is 171 Å². The molecule has 22 heteroatoms. The van der Waals surface area contributed by atoms with Gasteiger partial charge in [0, 0.05) is 31.0 Å². The van der Waals surface area contributed by atoms with Crippen LogP contribution in [-0.2, 0) is 44.4 Å². The lowest BCUT2D eigenvalue weighted by Crippen LogP contribution is -2.61. The van der Waals surface area contributed by atoms with Crippen LogP contribution in [0.25, 0.3) is 22.3 Å². The van der Waals surface area contributed by atoms with Gasteiger partial charge in [-0.15, -0.1) is 0 Å². The standard InChI is InChI=1S/C44H56O22/c1-17(2)7-12-23-26(62-44-37(56)34(53)31(50)27(14-45)63-44)13-25(48)29-33(52)41(39(65-40(23)29)21-8-10-22(57-6)11-9-21)66-43-30(49)24(38(18(3)60-43)61-20(5)47)15-59-42-36(55)35(54)32(51)28(64-42)16-58-19(4)46/h7-11,13,18,24,27-28,30-32,34-38,42-45,48-51,53-56H,12,14-16H2,1-6H3/t18-,24+,27+,28+,30+,31+,32+,34-,35-,36+,37+,38-,42+,43+,44+/m0/s1. The molecule has 3 fully saturated rings. The van der Waals surface area contributed by atoms with E-state index >= 15 is 0 Å². The van der Waals surface area contributed by atoms with Crippen LogP contribution in [0.2, 0.25) is 0 Å². The number of esters is 2. The van der Waals surface area contributed by atoms with Gasteiger partial charge >= 0.3 is 11.9 Å². The number of carbonyl (C=O) groups excluding carboxylic acids is 2. The Kier molecular flexibility index (Phi) is 16.3. The van der Waals surface area contributed by atoms with Gasteiger partial charge in [-0.05, 0) is 51.5 Å². The third-order valence-corrected chi connectivity index (χ3v) is 11.4. The molecular formula is C44H56O22. The number of hydrogen-bond acceptors (Lipinski definition) is 22. The van der Waals surface area contributed by atoms with Crippen molar-refractivity contribution in [3.05, 3.63) is 57.8 Å². The number of aromatic hydroxyl groups is 1. The number of fused-ring (bicyclic) bond motifs is 1. The summed E-state index contributed by atoms with van der Waals surface area (Å²) in [6.45, 7) is 5.48. The molecular weight excluding hydrogens is 880 g/mol. The van der Waals surface area contributed by atoms with Crippen LogP contribution >= 0.6 is 0 Å². The van der Waals surface area contributed by atoms with E-state index in [1.54, 1.807) is 32.1 Å². The molecule has 0 bridgehead atoms. The summed E-state index contributed by atoms with van der Waals surface area (Å²) in [6.07, 6.45) is -20.9. The molecule has 6 rings (SSSR count). The second kappa shape index (κ2) is 21.3. The normalized spacial score (nSPS) is 32.3. The molecule has 0 spiro atoms. The zero-order valence-electron chi connectivity index (χ0n) is 36.8. The molecule has 0 aliphatic carbocycles. The number of methoxy groups -OCH3 is 1. The number of benzene rings is 2. The molecule has 3 aliphatic rings. The quantitative estimate of drug-likeness (QED) is 0.0671. The molecule has 4 heterocycles. The predicted octanol–water partition coefficient (Wildman–Crippen LogP) is -0.719. The van der Waals surface area contributed by atoms with Gasteiger partial charge in [-0.25, -0.2) is 0 Å². The van der Waals surface area contributed by atoms with Gasteiger partial charge in [0.1, 0.15) is 95.9 Å². The minimum absolute atomic E-state index is 0.00184. The van der Waals surface area contributed by atoms with Crippen molar-refractivity contribution in [2.75, 3.05) is 26.9 Å². The number of ether oxygens (including phenoxy) is 9. The number of carbonyl (C=O) groups is 2. The van der Waals surface area contributed by atoms with Crippen molar-refractivity contribution in [2.45, 2.75) is 127 Å². The Morgan fingerprint density at radius 1 is 0.758 bits per heavy atom. The lowest BCUT2D eigenvalue weighted by atomic mass is 9.89. The lowest BCUT2D eigenvalue weighted by molar-refractivity contribution is -0.316. The first-order valence-corrected chi connectivity index (χ1v) is 21.0. The molecule has 1 aromatic heterocycles. The molecule has 0 radical (unpaired) electrons. The Hall–Kier alpha value is -4.95. The third-order valence-electron chi connectivity index (χ3n) is 11.4. The van der Waals surface area contributed by atoms with E-state index in [-0.39, 0.29) is 34.6 Å². The highest BCUT2D eigenvalue weighted by atomic mass is 16.7. The Balaban J connectivity index is 1.42. The molecule has 0 saturated carbocycles. The molecule has 22 nitrogen and oxygen atoms in total. The maximum absolute atomic E-state index is 14.8. The summed E-state index contributed by atoms with van der Waals surface area (Å²) < 4.78 is 57.6. The first-order valence-electron chi connectivity index (χ1n) is 21.0. The zero-order chi connectivity index (χ0) is 48.3. The Morgan fingerprint density at radius 3 is 1.98 bits per heavy atom. The molecule has 3 aromatic rings. The van der Waals surface area contributed by atoms with Crippen molar-refractivity contribution in [3.8, 4) is 34.3 Å². The second-order valence-electron chi connectivity index (χ2n) is 16.4. The van der Waals surface area contributed by atoms with E-state index in [4.69, 9.17) is 47.0 Å². The zero-order valence-corrected chi connectivity index (χ0v) is 36.8. The maximum atomic E-state index is 14.8. The van der Waals surface area contributed by atoms with E-state index in [0.29, 0.717) is 5.75 Å². The highest BCUT2D eigenvalue weighted by molar-refractivity contribution is 5.91. The molecule has 15 atom stereocenters. The Bertz CT molecular complexity index is 2260. The average molecular weight is 937 g/mol. The van der Waals surface area contributed by atoms with Crippen molar-refractivity contribution in [1.29, 1.82) is 0 Å². The number of aliphatic hydroxyl groups excluding tert-OH is 8. The monoisotopic (exact) mass is 936 g/mol. The van der Waals surface area contributed by atoms with Crippen LogP contribution in [0.1, 0.15) is 40.2 Å². The minimum atomic E-state index is -1.84. The fraction of sp³-hybridized carbons (Fsp3) is 0.568. The minimum Gasteiger partial charge on any atom is -0.507 e. The van der Waals surface area contributed by atoms with Crippen molar-refractivity contribution >= 4 is 22.9 Å². The second-order valence-corrected chi connectivity index (χ2v) is 16.4. The predicted molar refractivity (Wildman–Crippen MR) is 223 cm³/mol. The SMILES string of the molecule is COc1ccc(-c2oc3c(CC=C(C)C)c(O[C@@H]4O[C@H](CO)[C@@H](O)[C@H](O)[C@H]4O)cc(O)c3c(=O)c2O[C@H]2O[C@@H](C)[C@H](OC(C)=O)[C@H](CO[C@@H]3O[C@H](COC(C)=O)[C@@H](O)[C@H](O)[C@H]3O)[C@H]2O)cc1. The van der Waals surface area contributed by atoms with E-state index in [0.717, 1.165) is 25.5 Å². The molecule has 9 N–H and O–H groups in total. The van der Waals surface area contributed by atoms with Crippen molar-refractivity contribution in [2.24, 2.45) is 5.92 Å². The van der Waals surface area contributed by atoms with Gasteiger partial charge in [0.2, 0.25) is 23.8 Å². The van der Waals surface area contributed by atoms with E-state index in [1.165, 1.54) is 26.2 Å². The Labute approximate surface area is 377 Å². The molecule has 66 heavy (non-hydrogen) atoms. The number of allylic oxidation sites excluding steroid dienone is 2. The number of phenols is 1. The summed E-state index contributed by atoms with van der Waals surface area (Å²) in [4.78, 5) is 38.6. The lowest BCUT2D eigenvalue weighted by Gasteiger charge is -2.44. The van der Waals surface area contributed by atoms with Crippen LogP contribution in [0, 0.1) is 5.92 Å². The van der Waals surface area contributed by atoms with Crippen LogP contribution in [0.15, 0.2) is 51.2 Å². The largest absolute Gasteiger partial charge is 0.507 e. The van der Waals surface area contributed by atoms with Gasteiger partial charge in [-0.1, -0.05) is 11.6 Å². The van der Waals surface area contributed by atoms with Crippen LogP contribution < -0.4 is 19.6 Å². The van der Waals surface area contributed by atoms with Gasteiger partial charge in [-0.3, -0.25) is 14.4 Å².